The molecule has 1 amide bonds. The Bertz CT molecular complexity index is 1420. The van der Waals surface area contributed by atoms with Crippen molar-refractivity contribution in [1.29, 1.82) is 0 Å². The van der Waals surface area contributed by atoms with Crippen LogP contribution in [0.25, 0.3) is 17.0 Å². The first-order valence-electron chi connectivity index (χ1n) is 10.3. The third kappa shape index (κ3) is 2.76. The fraction of sp³-hybridized carbons (Fsp3) is 0.227. The second-order valence-corrected chi connectivity index (χ2v) is 7.85. The maximum atomic E-state index is 13.6. The summed E-state index contributed by atoms with van der Waals surface area (Å²) >= 11 is 0. The second kappa shape index (κ2) is 6.91. The lowest BCUT2D eigenvalue weighted by atomic mass is 9.99. The van der Waals surface area contributed by atoms with Gasteiger partial charge in [0.1, 0.15) is 6.04 Å². The van der Waals surface area contributed by atoms with E-state index in [-0.39, 0.29) is 11.7 Å². The van der Waals surface area contributed by atoms with E-state index in [1.54, 1.807) is 26.6 Å². The van der Waals surface area contributed by atoms with Crippen molar-refractivity contribution in [2.75, 3.05) is 6.54 Å². The highest BCUT2D eigenvalue weighted by Gasteiger charge is 2.37. The molecule has 0 spiro atoms. The Labute approximate surface area is 182 Å². The van der Waals surface area contributed by atoms with Gasteiger partial charge in [-0.25, -0.2) is 14.5 Å². The van der Waals surface area contributed by atoms with Crippen LogP contribution in [0, 0.1) is 6.92 Å². The van der Waals surface area contributed by atoms with E-state index in [1.165, 1.54) is 6.20 Å². The molecule has 1 aliphatic rings. The summed E-state index contributed by atoms with van der Waals surface area (Å²) < 4.78 is 9.42. The van der Waals surface area contributed by atoms with E-state index in [2.05, 4.69) is 20.1 Å². The standard InChI is InChI=1S/C22H20N8O2/c1-13-15(10-26-28(13)2)21-23-11-18(32-21)22(31)29-8-6-16-19(25-12-24-16)20(29)17-9-14-5-3-4-7-30(14)27-17/h3-5,7,9-12,20H,6,8H2,1-2H3,(H,24,25). The van der Waals surface area contributed by atoms with E-state index >= 15 is 0 Å². The number of rotatable bonds is 3. The number of aromatic nitrogens is 7. The number of hydrogen-bond acceptors (Lipinski definition) is 6. The zero-order chi connectivity index (χ0) is 21.8. The summed E-state index contributed by atoms with van der Waals surface area (Å²) in [6.07, 6.45) is 7.39. The van der Waals surface area contributed by atoms with E-state index in [4.69, 9.17) is 9.52 Å². The van der Waals surface area contributed by atoms with Crippen LogP contribution in [0.2, 0.25) is 0 Å². The van der Waals surface area contributed by atoms with E-state index in [1.807, 2.05) is 44.4 Å². The third-order valence-corrected chi connectivity index (χ3v) is 6.04. The molecule has 0 saturated heterocycles. The van der Waals surface area contributed by atoms with Crippen molar-refractivity contribution in [1.82, 2.24) is 39.2 Å². The maximum absolute atomic E-state index is 13.6. The summed E-state index contributed by atoms with van der Waals surface area (Å²) in [5.41, 5.74) is 5.19. The molecule has 0 bridgehead atoms. The highest BCUT2D eigenvalue weighted by molar-refractivity contribution is 5.92. The molecule has 32 heavy (non-hydrogen) atoms. The van der Waals surface area contributed by atoms with Crippen LogP contribution in [-0.4, -0.2) is 51.7 Å². The molecule has 0 saturated carbocycles. The summed E-state index contributed by atoms with van der Waals surface area (Å²) in [5.74, 6) is 0.303. The average Bonchev–Trinajstić information content (AvgIpc) is 3.59. The Kier molecular flexibility index (Phi) is 4.00. The van der Waals surface area contributed by atoms with Crippen LogP contribution >= 0.6 is 0 Å². The lowest BCUT2D eigenvalue weighted by molar-refractivity contribution is 0.0655. The van der Waals surface area contributed by atoms with Gasteiger partial charge in [-0.1, -0.05) is 6.07 Å². The lowest BCUT2D eigenvalue weighted by Crippen LogP contribution is -2.40. The quantitative estimate of drug-likeness (QED) is 0.473. The average molecular weight is 428 g/mol. The molecule has 1 aliphatic heterocycles. The van der Waals surface area contributed by atoms with Crippen LogP contribution in [0.5, 0.6) is 0 Å². The number of amides is 1. The summed E-state index contributed by atoms with van der Waals surface area (Å²) in [4.78, 5) is 27.4. The van der Waals surface area contributed by atoms with Crippen molar-refractivity contribution in [3.05, 3.63) is 77.7 Å². The molecular formula is C22H20N8O2. The largest absolute Gasteiger partial charge is 0.431 e. The van der Waals surface area contributed by atoms with Crippen LogP contribution in [0.15, 0.2) is 53.6 Å². The summed E-state index contributed by atoms with van der Waals surface area (Å²) in [6.45, 7) is 2.44. The molecule has 0 fully saturated rings. The van der Waals surface area contributed by atoms with Gasteiger partial charge in [-0.05, 0) is 25.1 Å². The maximum Gasteiger partial charge on any atom is 0.292 e. The minimum Gasteiger partial charge on any atom is -0.431 e. The molecule has 5 aromatic rings. The van der Waals surface area contributed by atoms with Gasteiger partial charge in [-0.2, -0.15) is 10.2 Å². The smallest absolute Gasteiger partial charge is 0.292 e. The first-order valence-corrected chi connectivity index (χ1v) is 10.3. The number of hydrogen-bond donors (Lipinski definition) is 1. The third-order valence-electron chi connectivity index (χ3n) is 6.04. The molecule has 6 rings (SSSR count). The van der Waals surface area contributed by atoms with E-state index < -0.39 is 6.04 Å². The fourth-order valence-corrected chi connectivity index (χ4v) is 4.23. The molecule has 10 nitrogen and oxygen atoms in total. The molecular weight excluding hydrogens is 408 g/mol. The van der Waals surface area contributed by atoms with Gasteiger partial charge in [0.15, 0.2) is 0 Å². The molecule has 5 aromatic heterocycles. The first-order chi connectivity index (χ1) is 15.6. The number of oxazole rings is 1. The predicted octanol–water partition coefficient (Wildman–Crippen LogP) is 2.54. The molecule has 0 aliphatic carbocycles. The predicted molar refractivity (Wildman–Crippen MR) is 114 cm³/mol. The number of nitrogens with zero attached hydrogens (tertiary/aromatic N) is 7. The van der Waals surface area contributed by atoms with Gasteiger partial charge in [0.25, 0.3) is 5.91 Å². The molecule has 0 aromatic carbocycles. The SMILES string of the molecule is Cc1c(-c2ncc(C(=O)N3CCc4[nH]cnc4C3c3cc4ccccn4n3)o2)cnn1C. The van der Waals surface area contributed by atoms with Crippen LogP contribution in [0.1, 0.15) is 39.4 Å². The van der Waals surface area contributed by atoms with Gasteiger partial charge in [-0.15, -0.1) is 0 Å². The van der Waals surface area contributed by atoms with Crippen LogP contribution in [0.4, 0.5) is 0 Å². The first kappa shape index (κ1) is 18.6. The second-order valence-electron chi connectivity index (χ2n) is 7.85. The van der Waals surface area contributed by atoms with Gasteiger partial charge in [0.05, 0.1) is 41.2 Å². The minimum absolute atomic E-state index is 0.177. The lowest BCUT2D eigenvalue weighted by Gasteiger charge is -2.33. The molecule has 1 unspecified atom stereocenters. The Morgan fingerprint density at radius 3 is 2.97 bits per heavy atom. The van der Waals surface area contributed by atoms with Crippen molar-refractivity contribution in [3.8, 4) is 11.5 Å². The fourth-order valence-electron chi connectivity index (χ4n) is 4.23. The number of aryl methyl sites for hydroxylation is 1. The topological polar surface area (TPSA) is 110 Å². The highest BCUT2D eigenvalue weighted by atomic mass is 16.4. The van der Waals surface area contributed by atoms with E-state index in [0.29, 0.717) is 18.9 Å². The molecule has 0 radical (unpaired) electrons. The van der Waals surface area contributed by atoms with Gasteiger partial charge >= 0.3 is 0 Å². The summed E-state index contributed by atoms with van der Waals surface area (Å²) in [5, 5.41) is 8.95. The number of pyridine rings is 1. The number of H-pyrrole nitrogens is 1. The Hall–Kier alpha value is -4.21. The van der Waals surface area contributed by atoms with E-state index in [0.717, 1.165) is 33.9 Å². The number of aromatic amines is 1. The van der Waals surface area contributed by atoms with E-state index in [9.17, 15) is 4.79 Å². The van der Waals surface area contributed by atoms with Crippen LogP contribution < -0.4 is 0 Å². The number of carbonyl (C=O) groups excluding carboxylic acids is 1. The van der Waals surface area contributed by atoms with Crippen LogP contribution in [-0.2, 0) is 13.5 Å². The van der Waals surface area contributed by atoms with Gasteiger partial charge in [0.2, 0.25) is 11.7 Å². The normalized spacial score (nSPS) is 15.9. The Morgan fingerprint density at radius 2 is 2.16 bits per heavy atom. The Balaban J connectivity index is 1.40. The summed E-state index contributed by atoms with van der Waals surface area (Å²) in [6, 6.07) is 7.42. The van der Waals surface area contributed by atoms with Crippen molar-refractivity contribution in [2.24, 2.45) is 7.05 Å². The summed E-state index contributed by atoms with van der Waals surface area (Å²) in [7, 11) is 1.85. The molecule has 10 heteroatoms. The van der Waals surface area contributed by atoms with Gasteiger partial charge < -0.3 is 14.3 Å². The van der Waals surface area contributed by atoms with Crippen molar-refractivity contribution in [2.45, 2.75) is 19.4 Å². The number of fused-ring (bicyclic) bond motifs is 2. The molecule has 1 N–H and O–H groups in total. The number of carbonyl (C=O) groups is 1. The molecule has 6 heterocycles. The Morgan fingerprint density at radius 1 is 1.25 bits per heavy atom. The highest BCUT2D eigenvalue weighted by Crippen LogP contribution is 2.34. The zero-order valence-corrected chi connectivity index (χ0v) is 17.6. The van der Waals surface area contributed by atoms with Crippen molar-refractivity contribution < 1.29 is 9.21 Å². The van der Waals surface area contributed by atoms with Gasteiger partial charge in [0, 0.05) is 37.6 Å². The van der Waals surface area contributed by atoms with Gasteiger partial charge in [-0.3, -0.25) is 9.48 Å². The number of imidazole rings is 1. The minimum atomic E-state index is -0.425. The van der Waals surface area contributed by atoms with Crippen molar-refractivity contribution in [3.63, 3.8) is 0 Å². The van der Waals surface area contributed by atoms with Crippen molar-refractivity contribution >= 4 is 11.4 Å². The number of nitrogens with one attached hydrogen (secondary N) is 1. The molecule has 1 atom stereocenters. The zero-order valence-electron chi connectivity index (χ0n) is 17.6. The monoisotopic (exact) mass is 428 g/mol. The van der Waals surface area contributed by atoms with Crippen LogP contribution in [0.3, 0.4) is 0 Å². The molecule has 160 valence electrons.